The molecule has 1 aliphatic rings. The van der Waals surface area contributed by atoms with Crippen molar-refractivity contribution in [3.05, 3.63) is 82.7 Å². The van der Waals surface area contributed by atoms with E-state index in [0.29, 0.717) is 11.8 Å². The molecule has 42 heavy (non-hydrogen) atoms. The lowest BCUT2D eigenvalue weighted by molar-refractivity contribution is -0.145. The number of fused-ring (bicyclic) bond motifs is 1. The van der Waals surface area contributed by atoms with Crippen molar-refractivity contribution >= 4 is 17.5 Å². The van der Waals surface area contributed by atoms with Crippen molar-refractivity contribution in [2.45, 2.75) is 25.7 Å². The van der Waals surface area contributed by atoms with Gasteiger partial charge < -0.3 is 14.5 Å². The number of hydrogen-bond acceptors (Lipinski definition) is 5. The van der Waals surface area contributed by atoms with Gasteiger partial charge in [0, 0.05) is 36.8 Å². The van der Waals surface area contributed by atoms with E-state index in [1.165, 1.54) is 38.3 Å². The van der Waals surface area contributed by atoms with Gasteiger partial charge in [0.25, 0.3) is 5.91 Å². The molecule has 0 saturated carbocycles. The zero-order valence-corrected chi connectivity index (χ0v) is 21.8. The van der Waals surface area contributed by atoms with E-state index in [4.69, 9.17) is 4.74 Å². The summed E-state index contributed by atoms with van der Waals surface area (Å²) in [5.41, 5.74) is -3.94. The molecular weight excluding hydrogens is 575 g/mol. The van der Waals surface area contributed by atoms with Crippen LogP contribution >= 0.6 is 0 Å². The lowest BCUT2D eigenvalue weighted by Crippen LogP contribution is -2.57. The molecule has 0 N–H and O–H groups in total. The smallest absolute Gasteiger partial charge is 0.436 e. The van der Waals surface area contributed by atoms with E-state index in [0.717, 1.165) is 22.1 Å². The maximum Gasteiger partial charge on any atom is 0.436 e. The lowest BCUT2D eigenvalue weighted by atomic mass is 10.1. The van der Waals surface area contributed by atoms with E-state index in [2.05, 4.69) is 10.1 Å². The summed E-state index contributed by atoms with van der Waals surface area (Å²) in [7, 11) is 1.37. The molecule has 0 radical (unpaired) electrons. The summed E-state index contributed by atoms with van der Waals surface area (Å²) >= 11 is 0. The van der Waals surface area contributed by atoms with Crippen molar-refractivity contribution in [1.82, 2.24) is 24.4 Å². The van der Waals surface area contributed by atoms with Gasteiger partial charge in [-0.05, 0) is 37.3 Å². The molecule has 1 fully saturated rings. The number of nitrogens with zero attached hydrogens (tertiary/aromatic N) is 5. The van der Waals surface area contributed by atoms with Crippen LogP contribution in [-0.2, 0) is 17.5 Å². The van der Waals surface area contributed by atoms with Gasteiger partial charge in [-0.2, -0.15) is 18.3 Å². The number of rotatable bonds is 5. The van der Waals surface area contributed by atoms with Gasteiger partial charge in [-0.3, -0.25) is 9.59 Å². The van der Waals surface area contributed by atoms with Crippen LogP contribution in [0, 0.1) is 23.3 Å². The Hall–Kier alpha value is -4.69. The summed E-state index contributed by atoms with van der Waals surface area (Å²) in [6.07, 6.45) is -4.43. The Morgan fingerprint density at radius 3 is 2.38 bits per heavy atom. The molecule has 0 aliphatic carbocycles. The summed E-state index contributed by atoms with van der Waals surface area (Å²) in [5, 5.41) is 3.58. The van der Waals surface area contributed by atoms with Gasteiger partial charge in [-0.1, -0.05) is 0 Å². The minimum atomic E-state index is -5.22. The van der Waals surface area contributed by atoms with Crippen LogP contribution in [0.1, 0.15) is 28.5 Å². The number of aromatic nitrogens is 3. The standard InChI is InChI=1S/C27H20F7N5O3/c1-13-25(40)37(12-15-9-16(28)10-19(29)20(15)30)7-8-38(13)26(41)18-11-35-39-23(27(32,33)34)21(31)22(36-24(18)39)14-3-5-17(42-2)6-4-14/h3-6,9-11,13H,7-8,12H2,1-2H3/t13-/m1/s1. The first kappa shape index (κ1) is 28.8. The summed E-state index contributed by atoms with van der Waals surface area (Å²) in [4.78, 5) is 32.7. The van der Waals surface area contributed by atoms with Gasteiger partial charge in [-0.25, -0.2) is 27.1 Å². The Labute approximate surface area is 232 Å². The van der Waals surface area contributed by atoms with Crippen molar-refractivity contribution in [1.29, 1.82) is 0 Å². The molecular formula is C27H20F7N5O3. The third-order valence-corrected chi connectivity index (χ3v) is 6.89. The van der Waals surface area contributed by atoms with Crippen molar-refractivity contribution < 1.29 is 45.1 Å². The molecule has 220 valence electrons. The molecule has 0 bridgehead atoms. The first-order valence-corrected chi connectivity index (χ1v) is 12.3. The number of carbonyl (C=O) groups is 2. The van der Waals surface area contributed by atoms with Crippen LogP contribution in [0.4, 0.5) is 30.7 Å². The fourth-order valence-corrected chi connectivity index (χ4v) is 4.76. The van der Waals surface area contributed by atoms with Gasteiger partial charge in [-0.15, -0.1) is 0 Å². The van der Waals surface area contributed by atoms with Gasteiger partial charge >= 0.3 is 6.18 Å². The zero-order chi connectivity index (χ0) is 30.5. The van der Waals surface area contributed by atoms with Crippen LogP contribution in [-0.4, -0.2) is 62.5 Å². The average Bonchev–Trinajstić information content (AvgIpc) is 3.35. The average molecular weight is 595 g/mol. The van der Waals surface area contributed by atoms with E-state index in [1.807, 2.05) is 0 Å². The quantitative estimate of drug-likeness (QED) is 0.244. The second kappa shape index (κ2) is 10.6. The minimum Gasteiger partial charge on any atom is -0.497 e. The Morgan fingerprint density at radius 2 is 1.74 bits per heavy atom. The summed E-state index contributed by atoms with van der Waals surface area (Å²) < 4.78 is 104. The first-order chi connectivity index (χ1) is 19.8. The number of alkyl halides is 3. The van der Waals surface area contributed by atoms with E-state index in [1.54, 1.807) is 0 Å². The molecule has 2 amide bonds. The number of methoxy groups -OCH3 is 1. The van der Waals surface area contributed by atoms with E-state index in [-0.39, 0.29) is 23.2 Å². The highest BCUT2D eigenvalue weighted by Crippen LogP contribution is 2.36. The molecule has 1 atom stereocenters. The highest BCUT2D eigenvalue weighted by Gasteiger charge is 2.42. The van der Waals surface area contributed by atoms with Gasteiger partial charge in [0.1, 0.15) is 28.9 Å². The van der Waals surface area contributed by atoms with E-state index >= 15 is 4.39 Å². The topological polar surface area (TPSA) is 80.0 Å². The molecule has 1 saturated heterocycles. The fraction of sp³-hybridized carbons (Fsp3) is 0.259. The third kappa shape index (κ3) is 4.99. The highest BCUT2D eigenvalue weighted by atomic mass is 19.4. The third-order valence-electron chi connectivity index (χ3n) is 6.89. The van der Waals surface area contributed by atoms with E-state index in [9.17, 15) is 35.9 Å². The molecule has 2 aromatic heterocycles. The van der Waals surface area contributed by atoms with Crippen molar-refractivity contribution in [3.8, 4) is 17.0 Å². The molecule has 3 heterocycles. The van der Waals surface area contributed by atoms with Gasteiger partial charge in [0.2, 0.25) is 5.91 Å². The van der Waals surface area contributed by atoms with E-state index < -0.39 is 82.0 Å². The monoisotopic (exact) mass is 595 g/mol. The fourth-order valence-electron chi connectivity index (χ4n) is 4.76. The largest absolute Gasteiger partial charge is 0.497 e. The first-order valence-electron chi connectivity index (χ1n) is 12.3. The highest BCUT2D eigenvalue weighted by molar-refractivity contribution is 6.02. The number of hydrogen-bond donors (Lipinski definition) is 0. The van der Waals surface area contributed by atoms with Crippen LogP contribution in [0.2, 0.25) is 0 Å². The van der Waals surface area contributed by atoms with Crippen LogP contribution < -0.4 is 4.74 Å². The molecule has 2 aromatic carbocycles. The van der Waals surface area contributed by atoms with Crippen LogP contribution in [0.25, 0.3) is 16.9 Å². The maximum absolute atomic E-state index is 15.3. The SMILES string of the molecule is COc1ccc(-c2nc3c(C(=O)N4CCN(Cc5cc(F)cc(F)c5F)C(=O)[C@H]4C)cnn3c(C(F)(F)F)c2F)cc1. The van der Waals surface area contributed by atoms with Crippen LogP contribution in [0.3, 0.4) is 0 Å². The number of piperazine rings is 1. The molecule has 15 heteroatoms. The Balaban J connectivity index is 1.50. The molecule has 0 unspecified atom stereocenters. The summed E-state index contributed by atoms with van der Waals surface area (Å²) in [5.74, 6) is -6.76. The number of benzene rings is 2. The second-order valence-electron chi connectivity index (χ2n) is 9.44. The lowest BCUT2D eigenvalue weighted by Gasteiger charge is -2.39. The van der Waals surface area contributed by atoms with Crippen LogP contribution in [0.5, 0.6) is 5.75 Å². The predicted molar refractivity (Wildman–Crippen MR) is 132 cm³/mol. The van der Waals surface area contributed by atoms with Crippen molar-refractivity contribution in [2.75, 3.05) is 20.2 Å². The van der Waals surface area contributed by atoms with Gasteiger partial charge in [0.05, 0.1) is 13.3 Å². The van der Waals surface area contributed by atoms with Crippen molar-refractivity contribution in [2.24, 2.45) is 0 Å². The number of amides is 2. The molecule has 0 spiro atoms. The number of halogens is 7. The second-order valence-corrected chi connectivity index (χ2v) is 9.44. The Bertz CT molecular complexity index is 1710. The Kier molecular flexibility index (Phi) is 7.28. The molecule has 5 rings (SSSR count). The maximum atomic E-state index is 15.3. The molecule has 8 nitrogen and oxygen atoms in total. The summed E-state index contributed by atoms with van der Waals surface area (Å²) in [6.45, 7) is 0.501. The number of ether oxygens (including phenoxy) is 1. The molecule has 4 aromatic rings. The number of carbonyl (C=O) groups excluding carboxylic acids is 2. The van der Waals surface area contributed by atoms with Crippen LogP contribution in [0.15, 0.2) is 42.6 Å². The molecule has 1 aliphatic heterocycles. The Morgan fingerprint density at radius 1 is 1.05 bits per heavy atom. The predicted octanol–water partition coefficient (Wildman–Crippen LogP) is 4.85. The van der Waals surface area contributed by atoms with Crippen molar-refractivity contribution in [3.63, 3.8) is 0 Å². The zero-order valence-electron chi connectivity index (χ0n) is 21.8. The normalized spacial score (nSPS) is 15.9. The van der Waals surface area contributed by atoms with Gasteiger partial charge in [0.15, 0.2) is 28.8 Å². The summed E-state index contributed by atoms with van der Waals surface area (Å²) in [6, 6.07) is 5.29. The minimum absolute atomic E-state index is 0.0286.